The average molecular weight is 264 g/mol. The van der Waals surface area contributed by atoms with Crippen LogP contribution < -0.4 is 5.32 Å². The van der Waals surface area contributed by atoms with Gasteiger partial charge >= 0.3 is 0 Å². The maximum Gasteiger partial charge on any atom is 0.123 e. The van der Waals surface area contributed by atoms with Gasteiger partial charge in [-0.05, 0) is 37.6 Å². The number of aromatic nitrogens is 1. The van der Waals surface area contributed by atoms with Gasteiger partial charge in [0.15, 0.2) is 0 Å². The number of hydrogen-bond acceptors (Lipinski definition) is 3. The third-order valence-corrected chi connectivity index (χ3v) is 3.68. The molecule has 2 aromatic rings. The van der Waals surface area contributed by atoms with Crippen molar-refractivity contribution in [1.82, 2.24) is 10.3 Å². The predicted molar refractivity (Wildman–Crippen MR) is 73.4 cm³/mol. The number of halogens is 1. The lowest BCUT2D eigenvalue weighted by Gasteiger charge is -2.17. The van der Waals surface area contributed by atoms with E-state index in [0.29, 0.717) is 0 Å². The fraction of sp³-hybridized carbons (Fsp3) is 0.357. The third-order valence-electron chi connectivity index (χ3n) is 2.70. The summed E-state index contributed by atoms with van der Waals surface area (Å²) in [7, 11) is 0. The summed E-state index contributed by atoms with van der Waals surface area (Å²) < 4.78 is 13.3. The van der Waals surface area contributed by atoms with E-state index < -0.39 is 0 Å². The zero-order valence-corrected chi connectivity index (χ0v) is 11.4. The van der Waals surface area contributed by atoms with Crippen molar-refractivity contribution in [2.45, 2.75) is 26.3 Å². The second kappa shape index (κ2) is 6.07. The van der Waals surface area contributed by atoms with Crippen molar-refractivity contribution in [2.24, 2.45) is 0 Å². The largest absolute Gasteiger partial charge is 0.306 e. The van der Waals surface area contributed by atoms with E-state index in [2.05, 4.69) is 17.2 Å². The molecule has 0 fully saturated rings. The van der Waals surface area contributed by atoms with Crippen LogP contribution in [0.2, 0.25) is 0 Å². The van der Waals surface area contributed by atoms with E-state index in [4.69, 9.17) is 0 Å². The summed E-state index contributed by atoms with van der Waals surface area (Å²) in [5.41, 5.74) is 0.951. The first kappa shape index (κ1) is 13.2. The topological polar surface area (TPSA) is 24.9 Å². The zero-order valence-electron chi connectivity index (χ0n) is 10.6. The molecule has 0 aliphatic heterocycles. The van der Waals surface area contributed by atoms with Gasteiger partial charge in [0.05, 0.1) is 11.0 Å². The number of aryl methyl sites for hydroxylation is 1. The Kier molecular flexibility index (Phi) is 4.44. The van der Waals surface area contributed by atoms with Crippen LogP contribution in [-0.4, -0.2) is 11.5 Å². The van der Waals surface area contributed by atoms with Crippen molar-refractivity contribution in [3.05, 3.63) is 51.7 Å². The Morgan fingerprint density at radius 3 is 2.89 bits per heavy atom. The molecule has 2 rings (SSSR count). The van der Waals surface area contributed by atoms with E-state index in [1.165, 1.54) is 6.07 Å². The second-order valence-electron chi connectivity index (χ2n) is 4.22. The molecule has 0 amide bonds. The average Bonchev–Trinajstić information content (AvgIpc) is 2.76. The lowest BCUT2D eigenvalue weighted by Crippen LogP contribution is -2.22. The van der Waals surface area contributed by atoms with E-state index in [1.54, 1.807) is 23.5 Å². The molecule has 1 N–H and O–H groups in total. The normalized spacial score (nSPS) is 12.6. The summed E-state index contributed by atoms with van der Waals surface area (Å²) >= 11 is 1.65. The molecule has 0 spiro atoms. The van der Waals surface area contributed by atoms with Crippen LogP contribution in [0.1, 0.15) is 34.8 Å². The summed E-state index contributed by atoms with van der Waals surface area (Å²) in [4.78, 5) is 5.41. The molecule has 0 bridgehead atoms. The molecular weight excluding hydrogens is 247 g/mol. The van der Waals surface area contributed by atoms with Gasteiger partial charge < -0.3 is 5.32 Å². The lowest BCUT2D eigenvalue weighted by atomic mass is 10.1. The first-order valence-electron chi connectivity index (χ1n) is 6.12. The predicted octanol–water partition coefficient (Wildman–Crippen LogP) is 3.68. The summed E-state index contributed by atoms with van der Waals surface area (Å²) in [6.45, 7) is 5.00. The molecule has 4 heteroatoms. The molecular formula is C14H17FN2S. The Morgan fingerprint density at radius 1 is 1.44 bits per heavy atom. The molecule has 0 saturated heterocycles. The highest BCUT2D eigenvalue weighted by Crippen LogP contribution is 2.27. The van der Waals surface area contributed by atoms with Gasteiger partial charge in [0.1, 0.15) is 5.82 Å². The van der Waals surface area contributed by atoms with Gasteiger partial charge in [-0.1, -0.05) is 19.1 Å². The molecule has 1 atom stereocenters. The fourth-order valence-corrected chi connectivity index (χ4v) is 2.76. The second-order valence-corrected chi connectivity index (χ2v) is 5.49. The van der Waals surface area contributed by atoms with Crippen molar-refractivity contribution < 1.29 is 4.39 Å². The minimum Gasteiger partial charge on any atom is -0.306 e. The number of nitrogens with one attached hydrogen (secondary N) is 1. The third kappa shape index (κ3) is 3.15. The maximum absolute atomic E-state index is 13.3. The van der Waals surface area contributed by atoms with Crippen LogP contribution in [0.4, 0.5) is 4.39 Å². The van der Waals surface area contributed by atoms with Crippen molar-refractivity contribution in [1.29, 1.82) is 0 Å². The Hall–Kier alpha value is -1.26. The van der Waals surface area contributed by atoms with Crippen molar-refractivity contribution in [3.8, 4) is 0 Å². The fourth-order valence-electron chi connectivity index (χ4n) is 1.87. The standard InChI is InChI=1S/C14H17FN2S/c1-3-7-16-14(13-9-17-10(2)18-13)11-5-4-6-12(15)8-11/h4-6,8-9,14,16H,3,7H2,1-2H3. The van der Waals surface area contributed by atoms with Crippen molar-refractivity contribution >= 4 is 11.3 Å². The molecule has 1 aromatic carbocycles. The van der Waals surface area contributed by atoms with Crippen LogP contribution in [0, 0.1) is 12.7 Å². The maximum atomic E-state index is 13.3. The highest BCUT2D eigenvalue weighted by atomic mass is 32.1. The van der Waals surface area contributed by atoms with E-state index in [0.717, 1.165) is 28.4 Å². The molecule has 18 heavy (non-hydrogen) atoms. The van der Waals surface area contributed by atoms with Gasteiger partial charge in [-0.2, -0.15) is 0 Å². The van der Waals surface area contributed by atoms with Crippen molar-refractivity contribution in [3.63, 3.8) is 0 Å². The van der Waals surface area contributed by atoms with E-state index in [9.17, 15) is 4.39 Å². The van der Waals surface area contributed by atoms with Gasteiger partial charge in [-0.15, -0.1) is 11.3 Å². The van der Waals surface area contributed by atoms with Crippen LogP contribution in [0.15, 0.2) is 30.5 Å². The molecule has 1 heterocycles. The molecule has 2 nitrogen and oxygen atoms in total. The quantitative estimate of drug-likeness (QED) is 0.891. The minimum atomic E-state index is -0.197. The Bertz CT molecular complexity index is 510. The number of nitrogens with zero attached hydrogens (tertiary/aromatic N) is 1. The lowest BCUT2D eigenvalue weighted by molar-refractivity contribution is 0.590. The Morgan fingerprint density at radius 2 is 2.28 bits per heavy atom. The Labute approximate surface area is 111 Å². The molecule has 0 saturated carbocycles. The monoisotopic (exact) mass is 264 g/mol. The molecule has 96 valence electrons. The molecule has 0 aliphatic rings. The van der Waals surface area contributed by atoms with Gasteiger partial charge in [0, 0.05) is 11.1 Å². The van der Waals surface area contributed by atoms with Gasteiger partial charge in [0.25, 0.3) is 0 Å². The summed E-state index contributed by atoms with van der Waals surface area (Å²) in [5.74, 6) is -0.197. The smallest absolute Gasteiger partial charge is 0.123 e. The van der Waals surface area contributed by atoms with E-state index in [1.807, 2.05) is 19.2 Å². The van der Waals surface area contributed by atoms with E-state index >= 15 is 0 Å². The Balaban J connectivity index is 2.30. The molecule has 1 unspecified atom stereocenters. The molecule has 0 radical (unpaired) electrons. The number of benzene rings is 1. The van der Waals surface area contributed by atoms with Crippen LogP contribution in [-0.2, 0) is 0 Å². The first-order chi connectivity index (χ1) is 8.70. The first-order valence-corrected chi connectivity index (χ1v) is 6.93. The van der Waals surface area contributed by atoms with Crippen LogP contribution in [0.25, 0.3) is 0 Å². The number of hydrogen-bond donors (Lipinski definition) is 1. The highest BCUT2D eigenvalue weighted by Gasteiger charge is 2.16. The van der Waals surface area contributed by atoms with Gasteiger partial charge in [-0.25, -0.2) is 9.37 Å². The highest BCUT2D eigenvalue weighted by molar-refractivity contribution is 7.11. The van der Waals surface area contributed by atoms with Crippen LogP contribution >= 0.6 is 11.3 Å². The molecule has 0 aliphatic carbocycles. The van der Waals surface area contributed by atoms with Gasteiger partial charge in [0.2, 0.25) is 0 Å². The van der Waals surface area contributed by atoms with Crippen LogP contribution in [0.3, 0.4) is 0 Å². The minimum absolute atomic E-state index is 0.0341. The summed E-state index contributed by atoms with van der Waals surface area (Å²) in [6, 6.07) is 6.79. The summed E-state index contributed by atoms with van der Waals surface area (Å²) in [5, 5.41) is 4.48. The summed E-state index contributed by atoms with van der Waals surface area (Å²) in [6.07, 6.45) is 2.92. The van der Waals surface area contributed by atoms with E-state index in [-0.39, 0.29) is 11.9 Å². The number of thiazole rings is 1. The van der Waals surface area contributed by atoms with Crippen molar-refractivity contribution in [2.75, 3.05) is 6.54 Å². The SMILES string of the molecule is CCCNC(c1cccc(F)c1)c1cnc(C)s1. The molecule has 1 aromatic heterocycles. The number of rotatable bonds is 5. The van der Waals surface area contributed by atoms with Gasteiger partial charge in [-0.3, -0.25) is 0 Å². The van der Waals surface area contributed by atoms with Crippen LogP contribution in [0.5, 0.6) is 0 Å². The zero-order chi connectivity index (χ0) is 13.0.